The Bertz CT molecular complexity index is 890. The van der Waals surface area contributed by atoms with Gasteiger partial charge in [-0.15, -0.1) is 0 Å². The molecule has 0 unspecified atom stereocenters. The molecule has 2 heterocycles. The number of sulfonamides is 1. The molecule has 5 nitrogen and oxygen atoms in total. The summed E-state index contributed by atoms with van der Waals surface area (Å²) in [4.78, 5) is -0.360. The molecule has 0 radical (unpaired) electrons. The summed E-state index contributed by atoms with van der Waals surface area (Å²) < 4.78 is 41.8. The standard InChI is InChI=1S/C14H12FN3O2S/c15-12-5-1-2-7-14(12)21(19,20)17-10-11-9-16-18-8-4-3-6-13(11)18/h1-9,17H,10H2. The number of rotatable bonds is 4. The fraction of sp³-hybridized carbons (Fsp3) is 0.0714. The first-order valence-corrected chi connectivity index (χ1v) is 7.72. The zero-order valence-electron chi connectivity index (χ0n) is 10.9. The van der Waals surface area contributed by atoms with Crippen LogP contribution in [0.2, 0.25) is 0 Å². The molecule has 0 amide bonds. The number of hydrogen-bond acceptors (Lipinski definition) is 3. The molecule has 108 valence electrons. The van der Waals surface area contributed by atoms with E-state index in [1.54, 1.807) is 16.9 Å². The summed E-state index contributed by atoms with van der Waals surface area (Å²) in [6, 6.07) is 10.8. The van der Waals surface area contributed by atoms with E-state index in [9.17, 15) is 12.8 Å². The van der Waals surface area contributed by atoms with Gasteiger partial charge < -0.3 is 0 Å². The van der Waals surface area contributed by atoms with Crippen molar-refractivity contribution in [2.45, 2.75) is 11.4 Å². The van der Waals surface area contributed by atoms with Crippen molar-refractivity contribution in [1.29, 1.82) is 0 Å². The minimum atomic E-state index is -3.90. The van der Waals surface area contributed by atoms with Crippen LogP contribution >= 0.6 is 0 Å². The second kappa shape index (κ2) is 5.27. The molecule has 0 fully saturated rings. The van der Waals surface area contributed by atoms with Crippen LogP contribution < -0.4 is 4.72 Å². The summed E-state index contributed by atoms with van der Waals surface area (Å²) in [7, 11) is -3.90. The van der Waals surface area contributed by atoms with Gasteiger partial charge in [0.1, 0.15) is 10.7 Å². The molecule has 7 heteroatoms. The maximum absolute atomic E-state index is 13.6. The van der Waals surface area contributed by atoms with Crippen LogP contribution in [0.3, 0.4) is 0 Å². The quantitative estimate of drug-likeness (QED) is 0.801. The van der Waals surface area contributed by atoms with Gasteiger partial charge in [0.25, 0.3) is 0 Å². The van der Waals surface area contributed by atoms with Crippen molar-refractivity contribution < 1.29 is 12.8 Å². The van der Waals surface area contributed by atoms with Gasteiger partial charge in [-0.2, -0.15) is 5.10 Å². The minimum Gasteiger partial charge on any atom is -0.241 e. The molecule has 0 bridgehead atoms. The fourth-order valence-corrected chi connectivity index (χ4v) is 3.12. The third kappa shape index (κ3) is 2.65. The molecule has 0 aliphatic heterocycles. The van der Waals surface area contributed by atoms with Crippen molar-refractivity contribution in [2.24, 2.45) is 0 Å². The summed E-state index contributed by atoms with van der Waals surface area (Å²) >= 11 is 0. The molecule has 1 aromatic carbocycles. The Kier molecular flexibility index (Phi) is 3.44. The third-order valence-electron chi connectivity index (χ3n) is 3.09. The normalized spacial score (nSPS) is 11.9. The van der Waals surface area contributed by atoms with Crippen molar-refractivity contribution in [3.05, 3.63) is 66.2 Å². The van der Waals surface area contributed by atoms with E-state index < -0.39 is 15.8 Å². The van der Waals surface area contributed by atoms with Crippen LogP contribution in [-0.2, 0) is 16.6 Å². The molecule has 2 aromatic heterocycles. The van der Waals surface area contributed by atoms with Gasteiger partial charge >= 0.3 is 0 Å². The first-order valence-electron chi connectivity index (χ1n) is 6.23. The Balaban J connectivity index is 1.86. The molecule has 0 saturated heterocycles. The predicted molar refractivity (Wildman–Crippen MR) is 75.6 cm³/mol. The van der Waals surface area contributed by atoms with E-state index in [0.717, 1.165) is 17.1 Å². The predicted octanol–water partition coefficient (Wildman–Crippen LogP) is 1.95. The maximum atomic E-state index is 13.6. The first kappa shape index (κ1) is 13.7. The molecule has 0 atom stereocenters. The summed E-state index contributed by atoms with van der Waals surface area (Å²) in [6.45, 7) is 0.0458. The lowest BCUT2D eigenvalue weighted by Crippen LogP contribution is -2.24. The number of halogens is 1. The molecular formula is C14H12FN3O2S. The molecule has 0 aliphatic rings. The topological polar surface area (TPSA) is 63.5 Å². The molecule has 0 saturated carbocycles. The molecule has 21 heavy (non-hydrogen) atoms. The van der Waals surface area contributed by atoms with Crippen LogP contribution in [0.1, 0.15) is 5.56 Å². The third-order valence-corrected chi connectivity index (χ3v) is 4.52. The highest BCUT2D eigenvalue weighted by Gasteiger charge is 2.18. The van der Waals surface area contributed by atoms with Gasteiger partial charge in [-0.3, -0.25) is 0 Å². The van der Waals surface area contributed by atoms with Crippen LogP contribution in [0, 0.1) is 5.82 Å². The zero-order valence-corrected chi connectivity index (χ0v) is 11.7. The van der Waals surface area contributed by atoms with Crippen molar-refractivity contribution in [3.63, 3.8) is 0 Å². The number of hydrogen-bond donors (Lipinski definition) is 1. The lowest BCUT2D eigenvalue weighted by atomic mass is 10.3. The number of nitrogens with one attached hydrogen (secondary N) is 1. The van der Waals surface area contributed by atoms with E-state index >= 15 is 0 Å². The highest BCUT2D eigenvalue weighted by Crippen LogP contribution is 2.15. The van der Waals surface area contributed by atoms with Crippen LogP contribution in [-0.4, -0.2) is 18.0 Å². The Hall–Kier alpha value is -2.25. The van der Waals surface area contributed by atoms with Crippen molar-refractivity contribution in [2.75, 3.05) is 0 Å². The maximum Gasteiger partial charge on any atom is 0.243 e. The molecule has 0 spiro atoms. The van der Waals surface area contributed by atoms with Gasteiger partial charge in [0, 0.05) is 18.3 Å². The number of benzene rings is 1. The second-order valence-electron chi connectivity index (χ2n) is 4.46. The van der Waals surface area contributed by atoms with E-state index in [2.05, 4.69) is 9.82 Å². The Labute approximate surface area is 121 Å². The average molecular weight is 305 g/mol. The summed E-state index contributed by atoms with van der Waals surface area (Å²) in [5.74, 6) is -0.773. The van der Waals surface area contributed by atoms with E-state index in [-0.39, 0.29) is 11.4 Å². The van der Waals surface area contributed by atoms with Gasteiger partial charge in [-0.25, -0.2) is 22.0 Å². The Morgan fingerprint density at radius 3 is 2.71 bits per heavy atom. The molecule has 0 aliphatic carbocycles. The Morgan fingerprint density at radius 2 is 1.90 bits per heavy atom. The van der Waals surface area contributed by atoms with E-state index in [4.69, 9.17) is 0 Å². The highest BCUT2D eigenvalue weighted by atomic mass is 32.2. The number of aromatic nitrogens is 2. The molecule has 3 rings (SSSR count). The number of pyridine rings is 1. The Morgan fingerprint density at radius 1 is 1.14 bits per heavy atom. The average Bonchev–Trinajstić information content (AvgIpc) is 2.89. The minimum absolute atomic E-state index is 0.0458. The van der Waals surface area contributed by atoms with Gasteiger partial charge in [-0.05, 0) is 24.3 Å². The van der Waals surface area contributed by atoms with Crippen molar-refractivity contribution >= 4 is 15.5 Å². The summed E-state index contributed by atoms with van der Waals surface area (Å²) in [5.41, 5.74) is 1.52. The van der Waals surface area contributed by atoms with Crippen molar-refractivity contribution in [3.8, 4) is 0 Å². The number of fused-ring (bicyclic) bond motifs is 1. The van der Waals surface area contributed by atoms with E-state index in [0.29, 0.717) is 0 Å². The van der Waals surface area contributed by atoms with Crippen molar-refractivity contribution in [1.82, 2.24) is 14.3 Å². The van der Waals surface area contributed by atoms with Crippen LogP contribution in [0.5, 0.6) is 0 Å². The van der Waals surface area contributed by atoms with Crippen LogP contribution in [0.25, 0.3) is 5.52 Å². The first-order chi connectivity index (χ1) is 10.1. The van der Waals surface area contributed by atoms with E-state index in [1.165, 1.54) is 18.2 Å². The van der Waals surface area contributed by atoms with Gasteiger partial charge in [-0.1, -0.05) is 18.2 Å². The molecular weight excluding hydrogens is 293 g/mol. The van der Waals surface area contributed by atoms with Crippen LogP contribution in [0.4, 0.5) is 4.39 Å². The van der Waals surface area contributed by atoms with E-state index in [1.807, 2.05) is 18.2 Å². The summed E-state index contributed by atoms with van der Waals surface area (Å²) in [6.07, 6.45) is 3.35. The summed E-state index contributed by atoms with van der Waals surface area (Å²) in [5, 5.41) is 4.12. The monoisotopic (exact) mass is 305 g/mol. The smallest absolute Gasteiger partial charge is 0.241 e. The van der Waals surface area contributed by atoms with Gasteiger partial charge in [0.05, 0.1) is 11.7 Å². The lowest BCUT2D eigenvalue weighted by molar-refractivity contribution is 0.557. The zero-order chi connectivity index (χ0) is 14.9. The SMILES string of the molecule is O=S(=O)(NCc1cnn2ccccc12)c1ccccc1F. The highest BCUT2D eigenvalue weighted by molar-refractivity contribution is 7.89. The van der Waals surface area contributed by atoms with Gasteiger partial charge in [0.2, 0.25) is 10.0 Å². The van der Waals surface area contributed by atoms with Gasteiger partial charge in [0.15, 0.2) is 0 Å². The lowest BCUT2D eigenvalue weighted by Gasteiger charge is -2.06. The number of nitrogens with zero attached hydrogens (tertiary/aromatic N) is 2. The molecule has 3 aromatic rings. The largest absolute Gasteiger partial charge is 0.243 e. The second-order valence-corrected chi connectivity index (χ2v) is 6.19. The fourth-order valence-electron chi connectivity index (χ4n) is 2.04. The molecule has 1 N–H and O–H groups in total. The van der Waals surface area contributed by atoms with Crippen LogP contribution in [0.15, 0.2) is 59.8 Å².